The van der Waals surface area contributed by atoms with Crippen molar-refractivity contribution >= 4 is 0 Å². The molecule has 0 spiro atoms. The molecule has 4 nitrogen and oxygen atoms in total. The first-order chi connectivity index (χ1) is 7.38. The van der Waals surface area contributed by atoms with Crippen molar-refractivity contribution in [2.75, 3.05) is 0 Å². The number of hydrogen-bond acceptors (Lipinski definition) is 3. The average Bonchev–Trinajstić information content (AvgIpc) is 2.88. The van der Waals surface area contributed by atoms with Crippen molar-refractivity contribution in [3.63, 3.8) is 0 Å². The Bertz CT molecular complexity index is 392. The first kappa shape index (κ1) is 9.98. The van der Waals surface area contributed by atoms with E-state index in [1.807, 2.05) is 18.2 Å². The van der Waals surface area contributed by atoms with E-state index in [0.29, 0.717) is 0 Å². The summed E-state index contributed by atoms with van der Waals surface area (Å²) in [5.41, 5.74) is 1.08. The Morgan fingerprint density at radius 1 is 1.27 bits per heavy atom. The number of rotatable bonds is 5. The smallest absolute Gasteiger partial charge is 0.117 e. The maximum atomic E-state index is 5.56. The second-order valence-electron chi connectivity index (χ2n) is 3.41. The van der Waals surface area contributed by atoms with Crippen LogP contribution in [0.25, 0.3) is 0 Å². The van der Waals surface area contributed by atoms with Gasteiger partial charge in [-0.05, 0) is 18.2 Å². The fourth-order valence-corrected chi connectivity index (χ4v) is 1.41. The van der Waals surface area contributed by atoms with E-state index >= 15 is 0 Å². The molecule has 2 heterocycles. The lowest BCUT2D eigenvalue weighted by molar-refractivity contribution is 0.449. The summed E-state index contributed by atoms with van der Waals surface area (Å²) in [7, 11) is 0. The maximum Gasteiger partial charge on any atom is 0.117 e. The number of nitrogens with zero attached hydrogens (tertiary/aromatic N) is 1. The number of aromatic amines is 1. The van der Waals surface area contributed by atoms with Crippen LogP contribution in [-0.2, 0) is 19.5 Å². The SMILES string of the molecule is CCc1ccc(CNCc2ccn[nH]2)o1. The first-order valence-electron chi connectivity index (χ1n) is 5.15. The van der Waals surface area contributed by atoms with Gasteiger partial charge in [0.25, 0.3) is 0 Å². The Hall–Kier alpha value is -1.55. The molecule has 0 radical (unpaired) electrons. The van der Waals surface area contributed by atoms with E-state index in [1.54, 1.807) is 6.20 Å². The van der Waals surface area contributed by atoms with Gasteiger partial charge < -0.3 is 9.73 Å². The van der Waals surface area contributed by atoms with E-state index in [1.165, 1.54) is 0 Å². The van der Waals surface area contributed by atoms with E-state index in [2.05, 4.69) is 22.4 Å². The summed E-state index contributed by atoms with van der Waals surface area (Å²) in [5, 5.41) is 10.0. The minimum absolute atomic E-state index is 0.749. The van der Waals surface area contributed by atoms with Gasteiger partial charge in [0.2, 0.25) is 0 Å². The summed E-state index contributed by atoms with van der Waals surface area (Å²) >= 11 is 0. The van der Waals surface area contributed by atoms with Gasteiger partial charge in [0, 0.05) is 24.9 Å². The van der Waals surface area contributed by atoms with Crippen LogP contribution in [0.2, 0.25) is 0 Å². The second-order valence-corrected chi connectivity index (χ2v) is 3.41. The standard InChI is InChI=1S/C11H15N3O/c1-2-10-3-4-11(15-10)8-12-7-9-5-6-13-14-9/h3-6,12H,2,7-8H2,1H3,(H,13,14). The molecule has 4 heteroatoms. The highest BCUT2D eigenvalue weighted by Crippen LogP contribution is 2.07. The number of H-pyrrole nitrogens is 1. The van der Waals surface area contributed by atoms with Gasteiger partial charge in [-0.25, -0.2) is 0 Å². The molecule has 0 amide bonds. The van der Waals surface area contributed by atoms with Gasteiger partial charge in [0.05, 0.1) is 6.54 Å². The Labute approximate surface area is 88.7 Å². The van der Waals surface area contributed by atoms with Crippen molar-refractivity contribution in [2.24, 2.45) is 0 Å². The lowest BCUT2D eigenvalue weighted by Crippen LogP contribution is -2.12. The highest BCUT2D eigenvalue weighted by molar-refractivity contribution is 5.07. The molecule has 2 aromatic rings. The van der Waals surface area contributed by atoms with E-state index in [4.69, 9.17) is 4.42 Å². The number of hydrogen-bond donors (Lipinski definition) is 2. The summed E-state index contributed by atoms with van der Waals surface area (Å²) in [6.45, 7) is 3.61. The summed E-state index contributed by atoms with van der Waals surface area (Å²) in [5.74, 6) is 2.01. The number of nitrogens with one attached hydrogen (secondary N) is 2. The zero-order valence-corrected chi connectivity index (χ0v) is 8.79. The van der Waals surface area contributed by atoms with Crippen LogP contribution in [0.4, 0.5) is 0 Å². The van der Waals surface area contributed by atoms with E-state index in [0.717, 1.165) is 36.7 Å². The van der Waals surface area contributed by atoms with Crippen molar-refractivity contribution < 1.29 is 4.42 Å². The van der Waals surface area contributed by atoms with Gasteiger partial charge in [-0.3, -0.25) is 5.10 Å². The van der Waals surface area contributed by atoms with Gasteiger partial charge in [-0.1, -0.05) is 6.92 Å². The molecule has 0 aliphatic heterocycles. The van der Waals surface area contributed by atoms with E-state index in [9.17, 15) is 0 Å². The highest BCUT2D eigenvalue weighted by atomic mass is 16.3. The van der Waals surface area contributed by atoms with Crippen LogP contribution in [0.3, 0.4) is 0 Å². The lowest BCUT2D eigenvalue weighted by atomic mass is 10.3. The first-order valence-corrected chi connectivity index (χ1v) is 5.15. The van der Waals surface area contributed by atoms with Crippen LogP contribution in [0.1, 0.15) is 24.1 Å². The van der Waals surface area contributed by atoms with Gasteiger partial charge in [-0.2, -0.15) is 5.10 Å². The fraction of sp³-hybridized carbons (Fsp3) is 0.364. The molecule has 80 valence electrons. The topological polar surface area (TPSA) is 53.9 Å². The molecule has 0 fully saturated rings. The predicted octanol–water partition coefficient (Wildman–Crippen LogP) is 1.85. The Kier molecular flexibility index (Phi) is 3.19. The molecule has 0 bridgehead atoms. The Morgan fingerprint density at radius 2 is 2.13 bits per heavy atom. The van der Waals surface area contributed by atoms with Crippen LogP contribution in [-0.4, -0.2) is 10.2 Å². The van der Waals surface area contributed by atoms with Gasteiger partial charge in [0.1, 0.15) is 11.5 Å². The largest absolute Gasteiger partial charge is 0.465 e. The molecule has 0 aromatic carbocycles. The van der Waals surface area contributed by atoms with Crippen molar-refractivity contribution in [1.82, 2.24) is 15.5 Å². The Morgan fingerprint density at radius 3 is 2.80 bits per heavy atom. The van der Waals surface area contributed by atoms with Crippen LogP contribution in [0.15, 0.2) is 28.8 Å². The normalized spacial score (nSPS) is 10.7. The van der Waals surface area contributed by atoms with Crippen molar-refractivity contribution in [2.45, 2.75) is 26.4 Å². The molecule has 0 saturated heterocycles. The van der Waals surface area contributed by atoms with Crippen LogP contribution >= 0.6 is 0 Å². The lowest BCUT2D eigenvalue weighted by Gasteiger charge is -1.99. The van der Waals surface area contributed by atoms with Crippen molar-refractivity contribution in [3.8, 4) is 0 Å². The van der Waals surface area contributed by atoms with Crippen LogP contribution in [0, 0.1) is 0 Å². The molecule has 0 unspecified atom stereocenters. The van der Waals surface area contributed by atoms with E-state index < -0.39 is 0 Å². The number of aromatic nitrogens is 2. The zero-order chi connectivity index (χ0) is 10.5. The minimum Gasteiger partial charge on any atom is -0.465 e. The maximum absolute atomic E-state index is 5.56. The molecule has 2 rings (SSSR count). The summed E-state index contributed by atoms with van der Waals surface area (Å²) in [6.07, 6.45) is 2.69. The van der Waals surface area contributed by atoms with Crippen molar-refractivity contribution in [1.29, 1.82) is 0 Å². The molecule has 2 aromatic heterocycles. The average molecular weight is 205 g/mol. The van der Waals surface area contributed by atoms with Gasteiger partial charge in [-0.15, -0.1) is 0 Å². The number of aryl methyl sites for hydroxylation is 1. The van der Waals surface area contributed by atoms with Crippen LogP contribution < -0.4 is 5.32 Å². The zero-order valence-electron chi connectivity index (χ0n) is 8.79. The third-order valence-electron chi connectivity index (χ3n) is 2.24. The summed E-state index contributed by atoms with van der Waals surface area (Å²) < 4.78 is 5.56. The molecule has 2 N–H and O–H groups in total. The predicted molar refractivity (Wildman–Crippen MR) is 57.2 cm³/mol. The fourth-order valence-electron chi connectivity index (χ4n) is 1.41. The number of furan rings is 1. The van der Waals surface area contributed by atoms with Gasteiger partial charge in [0.15, 0.2) is 0 Å². The molecule has 0 aliphatic carbocycles. The van der Waals surface area contributed by atoms with Gasteiger partial charge >= 0.3 is 0 Å². The quantitative estimate of drug-likeness (QED) is 0.783. The molecule has 0 aliphatic rings. The molecule has 0 saturated carbocycles. The monoisotopic (exact) mass is 205 g/mol. The molecule has 0 atom stereocenters. The molecule has 15 heavy (non-hydrogen) atoms. The molecular weight excluding hydrogens is 190 g/mol. The third kappa shape index (κ3) is 2.70. The Balaban J connectivity index is 1.78. The minimum atomic E-state index is 0.749. The van der Waals surface area contributed by atoms with Crippen molar-refractivity contribution in [3.05, 3.63) is 41.6 Å². The second kappa shape index (κ2) is 4.79. The highest BCUT2D eigenvalue weighted by Gasteiger charge is 2.00. The summed E-state index contributed by atoms with van der Waals surface area (Å²) in [4.78, 5) is 0. The van der Waals surface area contributed by atoms with Crippen LogP contribution in [0.5, 0.6) is 0 Å². The van der Waals surface area contributed by atoms with E-state index in [-0.39, 0.29) is 0 Å². The third-order valence-corrected chi connectivity index (χ3v) is 2.24. The molecular formula is C11H15N3O. The summed E-state index contributed by atoms with van der Waals surface area (Å²) in [6, 6.07) is 5.98.